The van der Waals surface area contributed by atoms with Gasteiger partial charge in [-0.15, -0.1) is 0 Å². The van der Waals surface area contributed by atoms with Crippen molar-refractivity contribution in [2.75, 3.05) is 6.54 Å². The van der Waals surface area contributed by atoms with E-state index in [4.69, 9.17) is 0 Å². The molecule has 1 aliphatic rings. The van der Waals surface area contributed by atoms with E-state index in [-0.39, 0.29) is 23.9 Å². The van der Waals surface area contributed by atoms with Gasteiger partial charge in [-0.05, 0) is 18.9 Å². The minimum absolute atomic E-state index is 0.0496. The van der Waals surface area contributed by atoms with E-state index in [2.05, 4.69) is 19.2 Å². The van der Waals surface area contributed by atoms with Crippen LogP contribution in [-0.4, -0.2) is 23.4 Å². The van der Waals surface area contributed by atoms with Crippen LogP contribution in [0.1, 0.15) is 38.9 Å². The number of halogens is 1. The third-order valence-electron chi connectivity index (χ3n) is 3.78. The van der Waals surface area contributed by atoms with E-state index >= 15 is 0 Å². The predicted molar refractivity (Wildman–Crippen MR) is 72.9 cm³/mol. The van der Waals surface area contributed by atoms with Crippen LogP contribution in [-0.2, 0) is 4.79 Å². The molecule has 1 aliphatic heterocycles. The van der Waals surface area contributed by atoms with Crippen LogP contribution in [0.4, 0.5) is 4.39 Å². The number of nitrogens with zero attached hydrogens (tertiary/aromatic N) is 1. The maximum atomic E-state index is 13.9. The smallest absolute Gasteiger partial charge is 0.241 e. The summed E-state index contributed by atoms with van der Waals surface area (Å²) in [5.41, 5.74) is 0.545. The Labute approximate surface area is 113 Å². The molecule has 19 heavy (non-hydrogen) atoms. The van der Waals surface area contributed by atoms with Crippen molar-refractivity contribution in [3.63, 3.8) is 0 Å². The van der Waals surface area contributed by atoms with Gasteiger partial charge in [0.15, 0.2) is 0 Å². The molecule has 1 aromatic carbocycles. The quantitative estimate of drug-likeness (QED) is 0.907. The van der Waals surface area contributed by atoms with E-state index in [0.29, 0.717) is 18.0 Å². The molecule has 1 fully saturated rings. The number of hydrogen-bond donors (Lipinski definition) is 1. The van der Waals surface area contributed by atoms with E-state index in [1.807, 2.05) is 6.92 Å². The van der Waals surface area contributed by atoms with Crippen molar-refractivity contribution in [2.24, 2.45) is 5.92 Å². The molecule has 3 unspecified atom stereocenters. The monoisotopic (exact) mass is 264 g/mol. The fourth-order valence-corrected chi connectivity index (χ4v) is 2.39. The predicted octanol–water partition coefficient (Wildman–Crippen LogP) is 2.69. The van der Waals surface area contributed by atoms with Gasteiger partial charge in [-0.2, -0.15) is 0 Å². The average Bonchev–Trinajstić information content (AvgIpc) is 2.67. The third-order valence-corrected chi connectivity index (χ3v) is 3.78. The van der Waals surface area contributed by atoms with Crippen molar-refractivity contribution in [2.45, 2.75) is 39.4 Å². The largest absolute Gasteiger partial charge is 0.321 e. The molecule has 0 aromatic heterocycles. The maximum Gasteiger partial charge on any atom is 0.241 e. The summed E-state index contributed by atoms with van der Waals surface area (Å²) in [4.78, 5) is 14.0. The molecule has 1 aromatic rings. The molecule has 0 aliphatic carbocycles. The number of rotatable bonds is 4. The van der Waals surface area contributed by atoms with E-state index in [0.717, 1.165) is 6.42 Å². The SMILES string of the molecule is CCC(C)CN1C(=O)C(C)NC1c1ccccc1F. The standard InChI is InChI=1S/C15H21FN2O/c1-4-10(2)9-18-14(17-11(3)15(18)19)12-7-5-6-8-13(12)16/h5-8,10-11,14,17H,4,9H2,1-3H3. The first kappa shape index (κ1) is 14.0. The zero-order valence-electron chi connectivity index (χ0n) is 11.7. The second-order valence-corrected chi connectivity index (χ2v) is 5.32. The number of carbonyl (C=O) groups excluding carboxylic acids is 1. The summed E-state index contributed by atoms with van der Waals surface area (Å²) >= 11 is 0. The molecule has 1 heterocycles. The van der Waals surface area contributed by atoms with Crippen molar-refractivity contribution in [1.29, 1.82) is 0 Å². The van der Waals surface area contributed by atoms with Crippen LogP contribution in [0, 0.1) is 11.7 Å². The van der Waals surface area contributed by atoms with Crippen molar-refractivity contribution in [3.8, 4) is 0 Å². The van der Waals surface area contributed by atoms with Crippen LogP contribution in [0.15, 0.2) is 24.3 Å². The lowest BCUT2D eigenvalue weighted by molar-refractivity contribution is -0.130. The van der Waals surface area contributed by atoms with Crippen LogP contribution in [0.3, 0.4) is 0 Å². The lowest BCUT2D eigenvalue weighted by Crippen LogP contribution is -2.34. The van der Waals surface area contributed by atoms with E-state index in [1.165, 1.54) is 6.07 Å². The van der Waals surface area contributed by atoms with Crippen LogP contribution in [0.2, 0.25) is 0 Å². The molecule has 1 saturated heterocycles. The van der Waals surface area contributed by atoms with Gasteiger partial charge in [0.25, 0.3) is 0 Å². The first-order valence-corrected chi connectivity index (χ1v) is 6.85. The van der Waals surface area contributed by atoms with Crippen molar-refractivity contribution in [3.05, 3.63) is 35.6 Å². The lowest BCUT2D eigenvalue weighted by atomic mass is 10.1. The molecule has 0 radical (unpaired) electrons. The molecule has 1 amide bonds. The maximum absolute atomic E-state index is 13.9. The number of benzene rings is 1. The minimum atomic E-state index is -0.349. The molecule has 0 bridgehead atoms. The Bertz CT molecular complexity index is 463. The van der Waals surface area contributed by atoms with Crippen LogP contribution in [0.5, 0.6) is 0 Å². The zero-order chi connectivity index (χ0) is 14.0. The molecule has 3 nitrogen and oxygen atoms in total. The molecule has 104 valence electrons. The van der Waals surface area contributed by atoms with Gasteiger partial charge in [0.05, 0.1) is 6.04 Å². The molecule has 4 heteroatoms. The van der Waals surface area contributed by atoms with Gasteiger partial charge in [0.2, 0.25) is 5.91 Å². The lowest BCUT2D eigenvalue weighted by Gasteiger charge is -2.27. The van der Waals surface area contributed by atoms with Crippen LogP contribution < -0.4 is 5.32 Å². The molecular weight excluding hydrogens is 243 g/mol. The molecule has 2 rings (SSSR count). The summed E-state index contributed by atoms with van der Waals surface area (Å²) in [6.07, 6.45) is 0.653. The Morgan fingerprint density at radius 1 is 1.42 bits per heavy atom. The average molecular weight is 264 g/mol. The van der Waals surface area contributed by atoms with Crippen LogP contribution in [0.25, 0.3) is 0 Å². The van der Waals surface area contributed by atoms with Gasteiger partial charge in [0.1, 0.15) is 12.0 Å². The Hall–Kier alpha value is -1.42. The van der Waals surface area contributed by atoms with Crippen molar-refractivity contribution >= 4 is 5.91 Å². The first-order chi connectivity index (χ1) is 9.04. The van der Waals surface area contributed by atoms with E-state index in [1.54, 1.807) is 23.1 Å². The molecule has 3 atom stereocenters. The van der Waals surface area contributed by atoms with Crippen molar-refractivity contribution in [1.82, 2.24) is 10.2 Å². The van der Waals surface area contributed by atoms with Gasteiger partial charge in [0, 0.05) is 12.1 Å². The first-order valence-electron chi connectivity index (χ1n) is 6.85. The van der Waals surface area contributed by atoms with E-state index in [9.17, 15) is 9.18 Å². The Morgan fingerprint density at radius 2 is 2.11 bits per heavy atom. The molecule has 0 spiro atoms. The summed E-state index contributed by atoms with van der Waals surface area (Å²) in [5.74, 6) is 0.190. The Morgan fingerprint density at radius 3 is 2.74 bits per heavy atom. The van der Waals surface area contributed by atoms with Gasteiger partial charge in [-0.3, -0.25) is 10.1 Å². The van der Waals surface area contributed by atoms with Gasteiger partial charge in [-0.25, -0.2) is 4.39 Å². The summed E-state index contributed by atoms with van der Waals surface area (Å²) < 4.78 is 13.9. The normalized spacial score (nSPS) is 24.8. The fraction of sp³-hybridized carbons (Fsp3) is 0.533. The highest BCUT2D eigenvalue weighted by Crippen LogP contribution is 2.28. The minimum Gasteiger partial charge on any atom is -0.321 e. The zero-order valence-corrected chi connectivity index (χ0v) is 11.7. The fourth-order valence-electron chi connectivity index (χ4n) is 2.39. The third kappa shape index (κ3) is 2.78. The van der Waals surface area contributed by atoms with Crippen molar-refractivity contribution < 1.29 is 9.18 Å². The topological polar surface area (TPSA) is 32.3 Å². The summed E-state index contributed by atoms with van der Waals surface area (Å²) in [7, 11) is 0. The summed E-state index contributed by atoms with van der Waals surface area (Å²) in [6, 6.07) is 6.38. The second-order valence-electron chi connectivity index (χ2n) is 5.32. The van der Waals surface area contributed by atoms with Gasteiger partial charge in [-0.1, -0.05) is 38.5 Å². The number of hydrogen-bond acceptors (Lipinski definition) is 2. The van der Waals surface area contributed by atoms with Crippen LogP contribution >= 0.6 is 0 Å². The molecule has 0 saturated carbocycles. The molecule has 1 N–H and O–H groups in total. The summed E-state index contributed by atoms with van der Waals surface area (Å²) in [5, 5.41) is 3.18. The molecular formula is C15H21FN2O. The van der Waals surface area contributed by atoms with Gasteiger partial charge >= 0.3 is 0 Å². The summed E-state index contributed by atoms with van der Waals surface area (Å²) in [6.45, 7) is 6.69. The second kappa shape index (κ2) is 5.70. The van der Waals surface area contributed by atoms with E-state index < -0.39 is 0 Å². The number of amides is 1. The highest BCUT2D eigenvalue weighted by molar-refractivity contribution is 5.84. The highest BCUT2D eigenvalue weighted by Gasteiger charge is 2.38. The number of nitrogens with one attached hydrogen (secondary N) is 1. The Kier molecular flexibility index (Phi) is 4.20. The highest BCUT2D eigenvalue weighted by atomic mass is 19.1. The van der Waals surface area contributed by atoms with Gasteiger partial charge < -0.3 is 4.90 Å². The number of carbonyl (C=O) groups is 1. The Balaban J connectivity index is 2.27.